The summed E-state index contributed by atoms with van der Waals surface area (Å²) in [6.07, 6.45) is -3.78. The molecule has 0 saturated carbocycles. The van der Waals surface area contributed by atoms with Gasteiger partial charge < -0.3 is 10.8 Å². The third-order valence-electron chi connectivity index (χ3n) is 2.83. The number of nitrogens with two attached hydrogens (primary N) is 1. The maximum absolute atomic E-state index is 12.7. The van der Waals surface area contributed by atoms with Crippen LogP contribution in [0.2, 0.25) is 0 Å². The van der Waals surface area contributed by atoms with Crippen molar-refractivity contribution in [3.8, 4) is 0 Å². The van der Waals surface area contributed by atoms with Crippen molar-refractivity contribution in [2.24, 2.45) is 0 Å². The molecule has 0 saturated heterocycles. The summed E-state index contributed by atoms with van der Waals surface area (Å²) < 4.78 is 38.0. The maximum Gasteiger partial charge on any atom is 0.416 e. The van der Waals surface area contributed by atoms with Crippen LogP contribution in [0, 0.1) is 0 Å². The number of alkyl halides is 3. The van der Waals surface area contributed by atoms with Gasteiger partial charge in [0, 0.05) is 25.4 Å². The number of hydrogen-bond donors (Lipinski definition) is 2. The number of anilines is 1. The second kappa shape index (κ2) is 6.77. The second-order valence-electron chi connectivity index (χ2n) is 4.41. The molecule has 0 radical (unpaired) electrons. The first-order valence-corrected chi connectivity index (χ1v) is 6.16. The molecule has 3 nitrogen and oxygen atoms in total. The van der Waals surface area contributed by atoms with Gasteiger partial charge in [0.15, 0.2) is 0 Å². The van der Waals surface area contributed by atoms with Gasteiger partial charge in [-0.2, -0.15) is 13.2 Å². The third-order valence-corrected chi connectivity index (χ3v) is 2.83. The molecule has 19 heavy (non-hydrogen) atoms. The van der Waals surface area contributed by atoms with Crippen molar-refractivity contribution in [2.45, 2.75) is 26.1 Å². The van der Waals surface area contributed by atoms with Crippen LogP contribution in [0.15, 0.2) is 18.2 Å². The fraction of sp³-hybridized carbons (Fsp3) is 0.538. The highest BCUT2D eigenvalue weighted by molar-refractivity contribution is 5.45. The van der Waals surface area contributed by atoms with Crippen molar-refractivity contribution in [3.63, 3.8) is 0 Å². The van der Waals surface area contributed by atoms with E-state index in [9.17, 15) is 13.2 Å². The fourth-order valence-electron chi connectivity index (χ4n) is 1.87. The van der Waals surface area contributed by atoms with Gasteiger partial charge in [-0.15, -0.1) is 0 Å². The normalized spacial score (nSPS) is 12.1. The molecule has 0 bridgehead atoms. The Morgan fingerprint density at radius 2 is 1.95 bits per heavy atom. The van der Waals surface area contributed by atoms with E-state index in [-0.39, 0.29) is 12.3 Å². The van der Waals surface area contributed by atoms with Crippen molar-refractivity contribution in [1.29, 1.82) is 0 Å². The predicted octanol–water partition coefficient (Wildman–Crippen LogP) is 2.49. The number of aliphatic hydroxyl groups is 1. The lowest BCUT2D eigenvalue weighted by Crippen LogP contribution is -2.25. The molecule has 0 atom stereocenters. The number of nitrogen functional groups attached to an aromatic ring is 1. The van der Waals surface area contributed by atoms with Crippen LogP contribution >= 0.6 is 0 Å². The summed E-state index contributed by atoms with van der Waals surface area (Å²) in [7, 11) is 0. The number of benzene rings is 1. The smallest absolute Gasteiger partial charge is 0.399 e. The number of nitrogens with zero attached hydrogens (tertiary/aromatic N) is 1. The molecule has 0 spiro atoms. The molecule has 0 heterocycles. The molecule has 0 amide bonds. The van der Waals surface area contributed by atoms with Crippen LogP contribution < -0.4 is 5.73 Å². The molecule has 0 aliphatic heterocycles. The molecule has 1 aromatic carbocycles. The minimum atomic E-state index is -4.38. The first-order chi connectivity index (χ1) is 8.86. The van der Waals surface area contributed by atoms with E-state index in [1.165, 1.54) is 0 Å². The Balaban J connectivity index is 2.85. The van der Waals surface area contributed by atoms with Gasteiger partial charge in [-0.25, -0.2) is 0 Å². The van der Waals surface area contributed by atoms with Gasteiger partial charge in [-0.05, 0) is 36.7 Å². The molecule has 1 aromatic rings. The largest absolute Gasteiger partial charge is 0.416 e. The molecule has 0 fully saturated rings. The minimum absolute atomic E-state index is 0.0707. The van der Waals surface area contributed by atoms with E-state index in [4.69, 9.17) is 10.8 Å². The molecular formula is C13H19F3N2O. The topological polar surface area (TPSA) is 49.5 Å². The molecular weight excluding hydrogens is 257 g/mol. The molecule has 1 rings (SSSR count). The van der Waals surface area contributed by atoms with E-state index in [1.807, 2.05) is 11.8 Å². The van der Waals surface area contributed by atoms with Crippen LogP contribution in [0.3, 0.4) is 0 Å². The Hall–Kier alpha value is -1.27. The average molecular weight is 276 g/mol. The molecule has 108 valence electrons. The molecule has 0 unspecified atom stereocenters. The summed E-state index contributed by atoms with van der Waals surface area (Å²) in [5.41, 5.74) is 5.44. The van der Waals surface area contributed by atoms with Gasteiger partial charge in [-0.3, -0.25) is 4.90 Å². The summed E-state index contributed by atoms with van der Waals surface area (Å²) in [5, 5.41) is 8.78. The van der Waals surface area contributed by atoms with Gasteiger partial charge in [0.2, 0.25) is 0 Å². The van der Waals surface area contributed by atoms with Crippen LogP contribution in [0.1, 0.15) is 24.5 Å². The van der Waals surface area contributed by atoms with E-state index >= 15 is 0 Å². The molecule has 0 aromatic heterocycles. The second-order valence-corrected chi connectivity index (χ2v) is 4.41. The predicted molar refractivity (Wildman–Crippen MR) is 68.5 cm³/mol. The fourth-order valence-corrected chi connectivity index (χ4v) is 1.87. The summed E-state index contributed by atoms with van der Waals surface area (Å²) in [6, 6.07) is 3.61. The van der Waals surface area contributed by atoms with Crippen molar-refractivity contribution in [3.05, 3.63) is 29.3 Å². The van der Waals surface area contributed by atoms with Crippen molar-refractivity contribution in [2.75, 3.05) is 25.4 Å². The van der Waals surface area contributed by atoms with E-state index in [0.29, 0.717) is 31.6 Å². The van der Waals surface area contributed by atoms with Crippen LogP contribution in [-0.2, 0) is 12.7 Å². The zero-order valence-electron chi connectivity index (χ0n) is 10.9. The van der Waals surface area contributed by atoms with Gasteiger partial charge in [0.1, 0.15) is 0 Å². The molecule has 6 heteroatoms. The van der Waals surface area contributed by atoms with E-state index in [1.54, 1.807) is 6.07 Å². The Bertz CT molecular complexity index is 407. The summed E-state index contributed by atoms with van der Waals surface area (Å²) >= 11 is 0. The quantitative estimate of drug-likeness (QED) is 0.785. The van der Waals surface area contributed by atoms with Crippen molar-refractivity contribution in [1.82, 2.24) is 4.90 Å². The SMILES string of the molecule is CCN(CCCO)Cc1cc(N)cc(C(F)(F)F)c1. The molecule has 3 N–H and O–H groups in total. The lowest BCUT2D eigenvalue weighted by Gasteiger charge is -2.21. The lowest BCUT2D eigenvalue weighted by atomic mass is 10.1. The highest BCUT2D eigenvalue weighted by atomic mass is 19.4. The standard InChI is InChI=1S/C13H19F3N2O/c1-2-18(4-3-5-19)9-10-6-11(13(14,15)16)8-12(17)7-10/h6-8,19H,2-5,9,17H2,1H3. The number of halogens is 3. The first kappa shape index (κ1) is 15.8. The van der Waals surface area contributed by atoms with Gasteiger partial charge >= 0.3 is 6.18 Å². The van der Waals surface area contributed by atoms with E-state index in [2.05, 4.69) is 0 Å². The van der Waals surface area contributed by atoms with Crippen LogP contribution in [0.4, 0.5) is 18.9 Å². The maximum atomic E-state index is 12.7. The third kappa shape index (κ3) is 5.08. The minimum Gasteiger partial charge on any atom is -0.399 e. The summed E-state index contributed by atoms with van der Waals surface area (Å²) in [4.78, 5) is 1.96. The Labute approximate surface area is 110 Å². The number of hydrogen-bond acceptors (Lipinski definition) is 3. The average Bonchev–Trinajstić information content (AvgIpc) is 2.32. The zero-order chi connectivity index (χ0) is 14.5. The van der Waals surface area contributed by atoms with E-state index in [0.717, 1.165) is 12.1 Å². The van der Waals surface area contributed by atoms with Gasteiger partial charge in [0.25, 0.3) is 0 Å². The Kier molecular flexibility index (Phi) is 5.62. The van der Waals surface area contributed by atoms with Crippen molar-refractivity contribution >= 4 is 5.69 Å². The van der Waals surface area contributed by atoms with Crippen molar-refractivity contribution < 1.29 is 18.3 Å². The number of rotatable bonds is 6. The highest BCUT2D eigenvalue weighted by Crippen LogP contribution is 2.31. The summed E-state index contributed by atoms with van der Waals surface area (Å²) in [5.74, 6) is 0. The molecule has 0 aliphatic carbocycles. The molecule has 0 aliphatic rings. The summed E-state index contributed by atoms with van der Waals surface area (Å²) in [6.45, 7) is 3.74. The van der Waals surface area contributed by atoms with Crippen LogP contribution in [-0.4, -0.2) is 29.7 Å². The van der Waals surface area contributed by atoms with E-state index < -0.39 is 11.7 Å². The Morgan fingerprint density at radius 1 is 1.26 bits per heavy atom. The number of aliphatic hydroxyl groups excluding tert-OH is 1. The Morgan fingerprint density at radius 3 is 2.47 bits per heavy atom. The van der Waals surface area contributed by atoms with Crippen LogP contribution in [0.5, 0.6) is 0 Å². The van der Waals surface area contributed by atoms with Crippen LogP contribution in [0.25, 0.3) is 0 Å². The zero-order valence-corrected chi connectivity index (χ0v) is 10.9. The monoisotopic (exact) mass is 276 g/mol. The van der Waals surface area contributed by atoms with Gasteiger partial charge in [0.05, 0.1) is 5.56 Å². The lowest BCUT2D eigenvalue weighted by molar-refractivity contribution is -0.137. The first-order valence-electron chi connectivity index (χ1n) is 6.16. The highest BCUT2D eigenvalue weighted by Gasteiger charge is 2.31. The van der Waals surface area contributed by atoms with Gasteiger partial charge in [-0.1, -0.05) is 6.92 Å².